The minimum absolute atomic E-state index is 0.397. The summed E-state index contributed by atoms with van der Waals surface area (Å²) in [5, 5.41) is 10.0. The van der Waals surface area contributed by atoms with E-state index in [1.165, 1.54) is 0 Å². The van der Waals surface area contributed by atoms with Crippen LogP contribution in [-0.4, -0.2) is 21.6 Å². The van der Waals surface area contributed by atoms with Crippen LogP contribution in [-0.2, 0) is 11.3 Å². The SMILES string of the molecule is Cc1ccc(-c2[nH]ncc2CNC(C)(C)C(N)=O)o1. The van der Waals surface area contributed by atoms with Gasteiger partial charge >= 0.3 is 0 Å². The molecule has 0 unspecified atom stereocenters. The van der Waals surface area contributed by atoms with Crippen LogP contribution in [0.3, 0.4) is 0 Å². The molecule has 0 aliphatic heterocycles. The van der Waals surface area contributed by atoms with Gasteiger partial charge in [-0.25, -0.2) is 0 Å². The van der Waals surface area contributed by atoms with Crippen molar-refractivity contribution in [2.75, 3.05) is 0 Å². The first-order chi connectivity index (χ1) is 8.90. The maximum atomic E-state index is 11.3. The quantitative estimate of drug-likeness (QED) is 0.757. The summed E-state index contributed by atoms with van der Waals surface area (Å²) in [6.07, 6.45) is 1.71. The zero-order valence-corrected chi connectivity index (χ0v) is 11.3. The Hall–Kier alpha value is -2.08. The zero-order valence-electron chi connectivity index (χ0n) is 11.3. The Labute approximate surface area is 111 Å². The van der Waals surface area contributed by atoms with Crippen LogP contribution in [0.1, 0.15) is 25.2 Å². The summed E-state index contributed by atoms with van der Waals surface area (Å²) in [7, 11) is 0. The van der Waals surface area contributed by atoms with Crippen molar-refractivity contribution in [2.24, 2.45) is 5.73 Å². The molecule has 4 N–H and O–H groups in total. The molecule has 0 saturated carbocycles. The number of carbonyl (C=O) groups excluding carboxylic acids is 1. The second-order valence-corrected chi connectivity index (χ2v) is 5.02. The summed E-state index contributed by atoms with van der Waals surface area (Å²) in [6, 6.07) is 3.77. The lowest BCUT2D eigenvalue weighted by atomic mass is 10.0. The maximum Gasteiger partial charge on any atom is 0.237 e. The molecule has 0 radical (unpaired) electrons. The molecule has 2 rings (SSSR count). The number of primary amides is 1. The monoisotopic (exact) mass is 262 g/mol. The van der Waals surface area contributed by atoms with E-state index in [1.54, 1.807) is 20.0 Å². The molecule has 6 heteroatoms. The Morgan fingerprint density at radius 2 is 2.26 bits per heavy atom. The number of aryl methyl sites for hydroxylation is 1. The average Bonchev–Trinajstić information content (AvgIpc) is 2.94. The number of nitrogens with zero attached hydrogens (tertiary/aromatic N) is 1. The number of furan rings is 1. The summed E-state index contributed by atoms with van der Waals surface area (Å²) in [5.41, 5.74) is 6.28. The Bertz CT molecular complexity index is 583. The highest BCUT2D eigenvalue weighted by molar-refractivity contribution is 5.83. The highest BCUT2D eigenvalue weighted by Gasteiger charge is 2.24. The van der Waals surface area contributed by atoms with Crippen molar-refractivity contribution in [3.05, 3.63) is 29.7 Å². The topological polar surface area (TPSA) is 96.9 Å². The molecular formula is C13H18N4O2. The third kappa shape index (κ3) is 2.85. The van der Waals surface area contributed by atoms with Gasteiger partial charge in [0.1, 0.15) is 11.5 Å². The number of aromatic nitrogens is 2. The fourth-order valence-electron chi connectivity index (χ4n) is 1.63. The number of nitrogens with two attached hydrogens (primary N) is 1. The van der Waals surface area contributed by atoms with Gasteiger partial charge in [-0.3, -0.25) is 15.2 Å². The van der Waals surface area contributed by atoms with Gasteiger partial charge in [0, 0.05) is 12.1 Å². The van der Waals surface area contributed by atoms with Crippen molar-refractivity contribution in [1.82, 2.24) is 15.5 Å². The number of H-pyrrole nitrogens is 1. The lowest BCUT2D eigenvalue weighted by Gasteiger charge is -2.22. The van der Waals surface area contributed by atoms with Crippen molar-refractivity contribution < 1.29 is 9.21 Å². The number of aromatic amines is 1. The maximum absolute atomic E-state index is 11.3. The van der Waals surface area contributed by atoms with Gasteiger partial charge in [0.25, 0.3) is 0 Å². The number of hydrogen-bond donors (Lipinski definition) is 3. The Morgan fingerprint density at radius 1 is 1.53 bits per heavy atom. The van der Waals surface area contributed by atoms with Gasteiger partial charge in [-0.15, -0.1) is 0 Å². The predicted molar refractivity (Wildman–Crippen MR) is 71.1 cm³/mol. The van der Waals surface area contributed by atoms with Crippen molar-refractivity contribution in [3.63, 3.8) is 0 Å². The van der Waals surface area contributed by atoms with Crippen LogP contribution >= 0.6 is 0 Å². The Kier molecular flexibility index (Phi) is 3.44. The molecule has 2 aromatic rings. The summed E-state index contributed by atoms with van der Waals surface area (Å²) in [6.45, 7) is 5.84. The van der Waals surface area contributed by atoms with E-state index in [2.05, 4.69) is 15.5 Å². The highest BCUT2D eigenvalue weighted by atomic mass is 16.3. The number of carbonyl (C=O) groups is 1. The van der Waals surface area contributed by atoms with Crippen LogP contribution in [0.4, 0.5) is 0 Å². The van der Waals surface area contributed by atoms with Crippen LogP contribution < -0.4 is 11.1 Å². The summed E-state index contributed by atoms with van der Waals surface area (Å²) in [5.74, 6) is 1.16. The number of nitrogens with one attached hydrogen (secondary N) is 2. The molecule has 102 valence electrons. The van der Waals surface area contributed by atoms with Gasteiger partial charge in [-0.1, -0.05) is 0 Å². The second-order valence-electron chi connectivity index (χ2n) is 5.02. The Morgan fingerprint density at radius 3 is 2.84 bits per heavy atom. The first-order valence-electron chi connectivity index (χ1n) is 6.04. The molecule has 0 aliphatic rings. The smallest absolute Gasteiger partial charge is 0.237 e. The van der Waals surface area contributed by atoms with Crippen LogP contribution in [0.2, 0.25) is 0 Å². The van der Waals surface area contributed by atoms with E-state index in [0.717, 1.165) is 22.8 Å². The second kappa shape index (κ2) is 4.89. The molecule has 2 heterocycles. The van der Waals surface area contributed by atoms with Gasteiger partial charge < -0.3 is 10.2 Å². The molecule has 2 aromatic heterocycles. The third-order valence-corrected chi connectivity index (χ3v) is 3.04. The van der Waals surface area contributed by atoms with Gasteiger partial charge in [-0.05, 0) is 32.9 Å². The molecule has 0 saturated heterocycles. The van der Waals surface area contributed by atoms with Crippen LogP contribution in [0.5, 0.6) is 0 Å². The van der Waals surface area contributed by atoms with Gasteiger partial charge in [-0.2, -0.15) is 5.10 Å². The van der Waals surface area contributed by atoms with Crippen LogP contribution in [0.15, 0.2) is 22.7 Å². The van der Waals surface area contributed by atoms with Gasteiger partial charge in [0.2, 0.25) is 5.91 Å². The molecule has 6 nitrogen and oxygen atoms in total. The average molecular weight is 262 g/mol. The zero-order chi connectivity index (χ0) is 14.0. The fourth-order valence-corrected chi connectivity index (χ4v) is 1.63. The molecule has 1 amide bonds. The summed E-state index contributed by atoms with van der Waals surface area (Å²) in [4.78, 5) is 11.3. The molecule has 0 bridgehead atoms. The minimum atomic E-state index is -0.770. The molecular weight excluding hydrogens is 244 g/mol. The van der Waals surface area contributed by atoms with E-state index in [0.29, 0.717) is 6.54 Å². The van der Waals surface area contributed by atoms with E-state index >= 15 is 0 Å². The highest BCUT2D eigenvalue weighted by Crippen LogP contribution is 2.23. The largest absolute Gasteiger partial charge is 0.460 e. The van der Waals surface area contributed by atoms with Gasteiger partial charge in [0.15, 0.2) is 5.76 Å². The van der Waals surface area contributed by atoms with E-state index in [1.807, 2.05) is 19.1 Å². The molecule has 0 fully saturated rings. The van der Waals surface area contributed by atoms with Crippen molar-refractivity contribution in [1.29, 1.82) is 0 Å². The lowest BCUT2D eigenvalue weighted by molar-refractivity contribution is -0.123. The first kappa shape index (κ1) is 13.4. The van der Waals surface area contributed by atoms with E-state index in [-0.39, 0.29) is 0 Å². The van der Waals surface area contributed by atoms with Crippen molar-refractivity contribution in [3.8, 4) is 11.5 Å². The number of amides is 1. The molecule has 0 spiro atoms. The van der Waals surface area contributed by atoms with E-state index < -0.39 is 11.4 Å². The molecule has 19 heavy (non-hydrogen) atoms. The van der Waals surface area contributed by atoms with Crippen molar-refractivity contribution >= 4 is 5.91 Å². The van der Waals surface area contributed by atoms with E-state index in [9.17, 15) is 4.79 Å². The molecule has 0 aromatic carbocycles. The Balaban J connectivity index is 2.15. The summed E-state index contributed by atoms with van der Waals surface area (Å²) >= 11 is 0. The standard InChI is InChI=1S/C13H18N4O2/c1-8-4-5-10(19-8)11-9(7-16-17-11)6-15-13(2,3)12(14)18/h4-5,7,15H,6H2,1-3H3,(H2,14,18)(H,16,17). The predicted octanol–water partition coefficient (Wildman–Crippen LogP) is 1.33. The first-order valence-corrected chi connectivity index (χ1v) is 6.04. The van der Waals surface area contributed by atoms with Crippen molar-refractivity contribution in [2.45, 2.75) is 32.9 Å². The normalized spacial score (nSPS) is 11.7. The van der Waals surface area contributed by atoms with Crippen LogP contribution in [0.25, 0.3) is 11.5 Å². The minimum Gasteiger partial charge on any atom is -0.460 e. The van der Waals surface area contributed by atoms with Gasteiger partial charge in [0.05, 0.1) is 11.7 Å². The summed E-state index contributed by atoms with van der Waals surface area (Å²) < 4.78 is 5.56. The number of rotatable bonds is 5. The fraction of sp³-hybridized carbons (Fsp3) is 0.385. The molecule has 0 aliphatic carbocycles. The third-order valence-electron chi connectivity index (χ3n) is 3.04. The molecule has 0 atom stereocenters. The lowest BCUT2D eigenvalue weighted by Crippen LogP contribution is -2.50. The number of hydrogen-bond acceptors (Lipinski definition) is 4. The van der Waals surface area contributed by atoms with Crippen LogP contribution in [0, 0.1) is 6.92 Å². The van der Waals surface area contributed by atoms with E-state index in [4.69, 9.17) is 10.2 Å².